The lowest BCUT2D eigenvalue weighted by atomic mass is 10.2. The van der Waals surface area contributed by atoms with Crippen molar-refractivity contribution in [1.29, 1.82) is 0 Å². The predicted octanol–water partition coefficient (Wildman–Crippen LogP) is 1.13. The second-order valence-corrected chi connectivity index (χ2v) is 3.48. The summed E-state index contributed by atoms with van der Waals surface area (Å²) in [6.07, 6.45) is 5.49. The van der Waals surface area contributed by atoms with Gasteiger partial charge in [0.1, 0.15) is 5.82 Å². The summed E-state index contributed by atoms with van der Waals surface area (Å²) < 4.78 is 14.4. The largest absolute Gasteiger partial charge is 0.306 e. The van der Waals surface area contributed by atoms with E-state index < -0.39 is 5.82 Å². The van der Waals surface area contributed by atoms with Gasteiger partial charge in [-0.1, -0.05) is 0 Å². The summed E-state index contributed by atoms with van der Waals surface area (Å²) >= 11 is 0. The molecule has 16 heavy (non-hydrogen) atoms. The van der Waals surface area contributed by atoms with Gasteiger partial charge in [0.25, 0.3) is 5.56 Å². The third kappa shape index (κ3) is 2.13. The van der Waals surface area contributed by atoms with Crippen molar-refractivity contribution in [3.63, 3.8) is 0 Å². The van der Waals surface area contributed by atoms with E-state index in [1.165, 1.54) is 23.0 Å². The van der Waals surface area contributed by atoms with Gasteiger partial charge < -0.3 is 4.57 Å². The maximum Gasteiger partial charge on any atom is 0.269 e. The Morgan fingerprint density at radius 1 is 1.25 bits per heavy atom. The van der Waals surface area contributed by atoms with E-state index in [-0.39, 0.29) is 5.56 Å². The van der Waals surface area contributed by atoms with Crippen molar-refractivity contribution in [3.05, 3.63) is 58.3 Å². The Morgan fingerprint density at radius 2 is 2.00 bits per heavy atom. The number of aromatic nitrogens is 3. The molecule has 2 aromatic heterocycles. The zero-order chi connectivity index (χ0) is 11.5. The minimum absolute atomic E-state index is 0.204. The standard InChI is InChI=1S/C11H10FN3O/c1-8-3-13-6-11(16)15(8)7-9-2-10(12)5-14-4-9/h2-6H,7H2,1H3. The summed E-state index contributed by atoms with van der Waals surface area (Å²) in [6.45, 7) is 2.08. The molecular weight excluding hydrogens is 209 g/mol. The Bertz CT molecular complexity index is 565. The summed E-state index contributed by atoms with van der Waals surface area (Å²) in [7, 11) is 0. The molecule has 0 amide bonds. The van der Waals surface area contributed by atoms with E-state index in [2.05, 4.69) is 9.97 Å². The van der Waals surface area contributed by atoms with Crippen molar-refractivity contribution in [2.24, 2.45) is 0 Å². The fraction of sp³-hybridized carbons (Fsp3) is 0.182. The van der Waals surface area contributed by atoms with Crippen molar-refractivity contribution >= 4 is 0 Å². The first-order valence-corrected chi connectivity index (χ1v) is 4.77. The van der Waals surface area contributed by atoms with Gasteiger partial charge in [0, 0.05) is 18.1 Å². The molecule has 5 heteroatoms. The summed E-state index contributed by atoms with van der Waals surface area (Å²) in [6, 6.07) is 1.36. The minimum Gasteiger partial charge on any atom is -0.306 e. The fourth-order valence-electron chi connectivity index (χ4n) is 1.45. The summed E-state index contributed by atoms with van der Waals surface area (Å²) in [4.78, 5) is 19.0. The number of aryl methyl sites for hydroxylation is 1. The highest BCUT2D eigenvalue weighted by atomic mass is 19.1. The molecule has 0 aliphatic heterocycles. The molecule has 0 aliphatic rings. The van der Waals surface area contributed by atoms with Gasteiger partial charge in [0.2, 0.25) is 0 Å². The average Bonchev–Trinajstić information content (AvgIpc) is 2.24. The number of rotatable bonds is 2. The molecule has 0 N–H and O–H groups in total. The highest BCUT2D eigenvalue weighted by molar-refractivity contribution is 5.12. The number of hydrogen-bond acceptors (Lipinski definition) is 3. The van der Waals surface area contributed by atoms with Gasteiger partial charge in [-0.05, 0) is 18.6 Å². The van der Waals surface area contributed by atoms with Crippen molar-refractivity contribution in [2.45, 2.75) is 13.5 Å². The number of halogens is 1. The van der Waals surface area contributed by atoms with Crippen LogP contribution in [0.5, 0.6) is 0 Å². The molecular formula is C11H10FN3O. The van der Waals surface area contributed by atoms with E-state index in [0.29, 0.717) is 12.1 Å². The predicted molar refractivity (Wildman–Crippen MR) is 56.5 cm³/mol. The Kier molecular flexibility index (Phi) is 2.76. The van der Waals surface area contributed by atoms with Gasteiger partial charge in [-0.15, -0.1) is 0 Å². The van der Waals surface area contributed by atoms with Crippen LogP contribution in [0.3, 0.4) is 0 Å². The van der Waals surface area contributed by atoms with Crippen LogP contribution in [-0.4, -0.2) is 14.5 Å². The lowest BCUT2D eigenvalue weighted by Gasteiger charge is -2.08. The maximum atomic E-state index is 12.9. The smallest absolute Gasteiger partial charge is 0.269 e. The van der Waals surface area contributed by atoms with E-state index in [4.69, 9.17) is 0 Å². The normalized spacial score (nSPS) is 10.4. The second-order valence-electron chi connectivity index (χ2n) is 3.48. The zero-order valence-corrected chi connectivity index (χ0v) is 8.72. The molecule has 0 saturated heterocycles. The van der Waals surface area contributed by atoms with E-state index in [0.717, 1.165) is 11.9 Å². The van der Waals surface area contributed by atoms with E-state index in [9.17, 15) is 9.18 Å². The fourth-order valence-corrected chi connectivity index (χ4v) is 1.45. The summed E-state index contributed by atoms with van der Waals surface area (Å²) in [5.74, 6) is -0.405. The Hall–Kier alpha value is -2.04. The monoisotopic (exact) mass is 219 g/mol. The van der Waals surface area contributed by atoms with Crippen molar-refractivity contribution < 1.29 is 4.39 Å². The molecule has 0 bridgehead atoms. The van der Waals surface area contributed by atoms with Crippen LogP contribution in [0.1, 0.15) is 11.3 Å². The van der Waals surface area contributed by atoms with Gasteiger partial charge in [0.15, 0.2) is 0 Å². The third-order valence-electron chi connectivity index (χ3n) is 2.24. The molecule has 0 radical (unpaired) electrons. The van der Waals surface area contributed by atoms with Gasteiger partial charge in [-0.2, -0.15) is 0 Å². The first kappa shape index (κ1) is 10.5. The zero-order valence-electron chi connectivity index (χ0n) is 8.72. The van der Waals surface area contributed by atoms with Gasteiger partial charge >= 0.3 is 0 Å². The van der Waals surface area contributed by atoms with Crippen LogP contribution in [0, 0.1) is 12.7 Å². The lowest BCUT2D eigenvalue weighted by molar-refractivity contribution is 0.614. The van der Waals surface area contributed by atoms with Crippen LogP contribution >= 0.6 is 0 Å². The molecule has 82 valence electrons. The van der Waals surface area contributed by atoms with E-state index >= 15 is 0 Å². The summed E-state index contributed by atoms with van der Waals surface area (Å²) in [5.41, 5.74) is 1.18. The molecule has 4 nitrogen and oxygen atoms in total. The van der Waals surface area contributed by atoms with Gasteiger partial charge in [0.05, 0.1) is 18.9 Å². The van der Waals surface area contributed by atoms with E-state index in [1.807, 2.05) is 0 Å². The van der Waals surface area contributed by atoms with Gasteiger partial charge in [-0.25, -0.2) is 4.39 Å². The molecule has 0 aromatic carbocycles. The topological polar surface area (TPSA) is 47.8 Å². The SMILES string of the molecule is Cc1cncc(=O)n1Cc1cncc(F)c1. The molecule has 0 aliphatic carbocycles. The first-order valence-electron chi connectivity index (χ1n) is 4.77. The van der Waals surface area contributed by atoms with Crippen LogP contribution in [0.15, 0.2) is 35.6 Å². The molecule has 0 saturated carbocycles. The van der Waals surface area contributed by atoms with E-state index in [1.54, 1.807) is 13.1 Å². The molecule has 2 heterocycles. The highest BCUT2D eigenvalue weighted by Gasteiger charge is 2.02. The Balaban J connectivity index is 2.38. The highest BCUT2D eigenvalue weighted by Crippen LogP contribution is 2.03. The molecule has 0 fully saturated rings. The molecule has 0 atom stereocenters. The Labute approximate surface area is 91.4 Å². The number of nitrogens with zero attached hydrogens (tertiary/aromatic N) is 3. The lowest BCUT2D eigenvalue weighted by Crippen LogP contribution is -2.22. The van der Waals surface area contributed by atoms with Crippen LogP contribution in [0.4, 0.5) is 4.39 Å². The number of pyridine rings is 1. The van der Waals surface area contributed by atoms with Crippen molar-refractivity contribution in [3.8, 4) is 0 Å². The third-order valence-corrected chi connectivity index (χ3v) is 2.24. The molecule has 2 aromatic rings. The van der Waals surface area contributed by atoms with Crippen LogP contribution < -0.4 is 5.56 Å². The molecule has 2 rings (SSSR count). The second kappa shape index (κ2) is 4.22. The quantitative estimate of drug-likeness (QED) is 0.760. The van der Waals surface area contributed by atoms with Crippen LogP contribution in [0.25, 0.3) is 0 Å². The van der Waals surface area contributed by atoms with Crippen LogP contribution in [-0.2, 0) is 6.54 Å². The van der Waals surface area contributed by atoms with Crippen LogP contribution in [0.2, 0.25) is 0 Å². The Morgan fingerprint density at radius 3 is 2.69 bits per heavy atom. The molecule has 0 spiro atoms. The first-order chi connectivity index (χ1) is 7.66. The maximum absolute atomic E-state index is 12.9. The number of hydrogen-bond donors (Lipinski definition) is 0. The summed E-state index contributed by atoms with van der Waals surface area (Å²) in [5, 5.41) is 0. The molecule has 0 unspecified atom stereocenters. The van der Waals surface area contributed by atoms with Crippen molar-refractivity contribution in [1.82, 2.24) is 14.5 Å². The minimum atomic E-state index is -0.405. The van der Waals surface area contributed by atoms with Crippen molar-refractivity contribution in [2.75, 3.05) is 0 Å². The average molecular weight is 219 g/mol. The van der Waals surface area contributed by atoms with Gasteiger partial charge in [-0.3, -0.25) is 14.8 Å².